The van der Waals surface area contributed by atoms with Crippen LogP contribution in [0.3, 0.4) is 0 Å². The van der Waals surface area contributed by atoms with E-state index in [0.717, 1.165) is 16.3 Å². The van der Waals surface area contributed by atoms with E-state index in [1.165, 1.54) is 33.8 Å². The molecule has 3 atom stereocenters. The number of carbonyl (C=O) groups is 2. The first-order valence-corrected chi connectivity index (χ1v) is 18.1. The molecule has 1 saturated heterocycles. The minimum atomic E-state index is -4.14. The van der Waals surface area contributed by atoms with Gasteiger partial charge in [-0.2, -0.15) is 4.31 Å². The molecule has 0 aliphatic carbocycles. The number of anilines is 1. The standard InChI is InChI=1S/C33H46N6O6S2/c1-21(2)17-38(47(44,45)26-11-12-29(40)27(34)16-26)19-30(41)28(15-24-9-7-6-8-10-24)36-32(42)31(22(3)4)39-14-13-37(33(39)43)18-25-20-46-23(5)35-25/h6-12,16,20-22,28,30-31,40-41H,13-15,17-19,34H2,1-5H3,(H,36,42)/t28-,30+,31-/m0/s1. The number of phenolic OH excluding ortho intramolecular Hbond substituents is 1. The van der Waals surface area contributed by atoms with Gasteiger partial charge in [0.25, 0.3) is 0 Å². The Morgan fingerprint density at radius 3 is 2.40 bits per heavy atom. The number of aromatic hydroxyl groups is 1. The fraction of sp³-hybridized carbons (Fsp3) is 0.485. The fourth-order valence-corrected chi connectivity index (χ4v) is 8.02. The molecule has 2 aromatic carbocycles. The highest BCUT2D eigenvalue weighted by atomic mass is 32.2. The normalized spacial score (nSPS) is 15.9. The summed E-state index contributed by atoms with van der Waals surface area (Å²) >= 11 is 1.52. The number of hydrogen-bond donors (Lipinski definition) is 4. The molecule has 0 bridgehead atoms. The third-order valence-electron chi connectivity index (χ3n) is 8.07. The Bertz CT molecular complexity index is 1630. The number of nitrogen functional groups attached to an aromatic ring is 1. The van der Waals surface area contributed by atoms with Gasteiger partial charge in [-0.05, 0) is 48.9 Å². The number of benzene rings is 2. The van der Waals surface area contributed by atoms with Crippen LogP contribution in [0.15, 0.2) is 58.8 Å². The van der Waals surface area contributed by atoms with Crippen LogP contribution in [-0.4, -0.2) is 94.0 Å². The van der Waals surface area contributed by atoms with Crippen LogP contribution in [0.4, 0.5) is 10.5 Å². The smallest absolute Gasteiger partial charge is 0.321 e. The lowest BCUT2D eigenvalue weighted by atomic mass is 9.97. The molecule has 0 saturated carbocycles. The number of amides is 3. The molecular weight excluding hydrogens is 641 g/mol. The average Bonchev–Trinajstić information content (AvgIpc) is 3.58. The highest BCUT2D eigenvalue weighted by molar-refractivity contribution is 7.89. The molecule has 0 unspecified atom stereocenters. The van der Waals surface area contributed by atoms with Crippen molar-refractivity contribution in [2.24, 2.45) is 11.8 Å². The van der Waals surface area contributed by atoms with Gasteiger partial charge in [0, 0.05) is 31.6 Å². The summed E-state index contributed by atoms with van der Waals surface area (Å²) in [6.45, 7) is 10.3. The number of aryl methyl sites for hydroxylation is 1. The monoisotopic (exact) mass is 686 g/mol. The van der Waals surface area contributed by atoms with Crippen molar-refractivity contribution < 1.29 is 28.2 Å². The van der Waals surface area contributed by atoms with E-state index in [1.807, 2.05) is 70.3 Å². The van der Waals surface area contributed by atoms with Crippen LogP contribution in [0.25, 0.3) is 0 Å². The minimum absolute atomic E-state index is 0.0817. The number of aliphatic hydroxyl groups is 1. The molecule has 1 aromatic heterocycles. The van der Waals surface area contributed by atoms with Gasteiger partial charge in [-0.25, -0.2) is 18.2 Å². The number of nitrogens with one attached hydrogen (secondary N) is 1. The van der Waals surface area contributed by atoms with E-state index >= 15 is 0 Å². The Balaban J connectivity index is 1.58. The lowest BCUT2D eigenvalue weighted by molar-refractivity contribution is -0.128. The van der Waals surface area contributed by atoms with Crippen LogP contribution in [0.2, 0.25) is 0 Å². The highest BCUT2D eigenvalue weighted by Gasteiger charge is 2.40. The molecule has 12 nitrogen and oxygen atoms in total. The number of carbonyl (C=O) groups excluding carboxylic acids is 2. The van der Waals surface area contributed by atoms with Gasteiger partial charge in [0.05, 0.1) is 40.0 Å². The summed E-state index contributed by atoms with van der Waals surface area (Å²) in [5.74, 6) is -0.990. The summed E-state index contributed by atoms with van der Waals surface area (Å²) in [4.78, 5) is 35.1. The van der Waals surface area contributed by atoms with Gasteiger partial charge >= 0.3 is 6.03 Å². The van der Waals surface area contributed by atoms with Crippen molar-refractivity contribution in [3.63, 3.8) is 0 Å². The van der Waals surface area contributed by atoms with Crippen molar-refractivity contribution >= 4 is 39.0 Å². The Kier molecular flexibility index (Phi) is 11.9. The molecule has 0 spiro atoms. The van der Waals surface area contributed by atoms with Crippen LogP contribution in [0.5, 0.6) is 5.75 Å². The van der Waals surface area contributed by atoms with E-state index in [0.29, 0.717) is 19.6 Å². The highest BCUT2D eigenvalue weighted by Crippen LogP contribution is 2.27. The predicted octanol–water partition coefficient (Wildman–Crippen LogP) is 3.44. The molecule has 14 heteroatoms. The van der Waals surface area contributed by atoms with Gasteiger partial charge in [0.1, 0.15) is 11.8 Å². The first-order chi connectivity index (χ1) is 22.2. The second-order valence-electron chi connectivity index (χ2n) is 12.8. The number of aliphatic hydroxyl groups excluding tert-OH is 1. The van der Waals surface area contributed by atoms with E-state index in [-0.39, 0.29) is 53.7 Å². The molecule has 0 radical (unpaired) electrons. The lowest BCUT2D eigenvalue weighted by Gasteiger charge is -2.34. The van der Waals surface area contributed by atoms with Gasteiger partial charge in [0.15, 0.2) is 0 Å². The third kappa shape index (κ3) is 9.01. The van der Waals surface area contributed by atoms with E-state index in [4.69, 9.17) is 5.73 Å². The van der Waals surface area contributed by atoms with Crippen molar-refractivity contribution in [3.8, 4) is 5.75 Å². The predicted molar refractivity (Wildman–Crippen MR) is 182 cm³/mol. The molecule has 2 heterocycles. The van der Waals surface area contributed by atoms with E-state index in [2.05, 4.69) is 10.3 Å². The maximum absolute atomic E-state index is 14.0. The van der Waals surface area contributed by atoms with Crippen LogP contribution in [-0.2, 0) is 27.8 Å². The van der Waals surface area contributed by atoms with Gasteiger partial charge in [-0.3, -0.25) is 4.79 Å². The summed E-state index contributed by atoms with van der Waals surface area (Å²) in [5, 5.41) is 27.4. The number of nitrogens with two attached hydrogens (primary N) is 1. The molecule has 47 heavy (non-hydrogen) atoms. The largest absolute Gasteiger partial charge is 0.506 e. The summed E-state index contributed by atoms with van der Waals surface area (Å²) < 4.78 is 28.7. The van der Waals surface area contributed by atoms with Gasteiger partial charge in [0.2, 0.25) is 15.9 Å². The average molecular weight is 687 g/mol. The first kappa shape index (κ1) is 36.1. The molecular formula is C33H46N6O6S2. The maximum Gasteiger partial charge on any atom is 0.321 e. The number of hydrogen-bond acceptors (Lipinski definition) is 9. The Morgan fingerprint density at radius 1 is 1.11 bits per heavy atom. The minimum Gasteiger partial charge on any atom is -0.506 e. The zero-order valence-corrected chi connectivity index (χ0v) is 29.2. The molecule has 1 aliphatic heterocycles. The second kappa shape index (κ2) is 15.5. The van der Waals surface area contributed by atoms with Crippen molar-refractivity contribution in [3.05, 3.63) is 70.2 Å². The molecule has 1 fully saturated rings. The molecule has 3 amide bonds. The van der Waals surface area contributed by atoms with E-state index < -0.39 is 34.1 Å². The van der Waals surface area contributed by atoms with Crippen LogP contribution in [0.1, 0.15) is 44.0 Å². The van der Waals surface area contributed by atoms with Crippen molar-refractivity contribution in [1.82, 2.24) is 24.4 Å². The van der Waals surface area contributed by atoms with E-state index in [9.17, 15) is 28.2 Å². The van der Waals surface area contributed by atoms with Crippen molar-refractivity contribution in [1.29, 1.82) is 0 Å². The quantitative estimate of drug-likeness (QED) is 0.139. The topological polar surface area (TPSA) is 169 Å². The second-order valence-corrected chi connectivity index (χ2v) is 15.8. The van der Waals surface area contributed by atoms with E-state index in [1.54, 1.807) is 9.80 Å². The Morgan fingerprint density at radius 2 is 1.81 bits per heavy atom. The Labute approximate surface area is 281 Å². The summed E-state index contributed by atoms with van der Waals surface area (Å²) in [5.41, 5.74) is 7.36. The van der Waals surface area contributed by atoms with Gasteiger partial charge < -0.3 is 31.1 Å². The molecule has 3 aromatic rings. The maximum atomic E-state index is 14.0. The first-order valence-electron chi connectivity index (χ1n) is 15.7. The molecule has 5 N–H and O–H groups in total. The summed E-state index contributed by atoms with van der Waals surface area (Å²) in [6, 6.07) is 11.0. The van der Waals surface area contributed by atoms with Crippen molar-refractivity contribution in [2.75, 3.05) is 31.9 Å². The van der Waals surface area contributed by atoms with Gasteiger partial charge in [-0.1, -0.05) is 58.0 Å². The zero-order valence-electron chi connectivity index (χ0n) is 27.5. The summed E-state index contributed by atoms with van der Waals surface area (Å²) in [7, 11) is -4.14. The SMILES string of the molecule is Cc1nc(CN2CCN([C@H](C(=O)N[C@@H](Cc3ccccc3)[C@H](O)CN(CC(C)C)S(=O)(=O)c3ccc(O)c(N)c3)C(C)C)C2=O)cs1. The number of urea groups is 1. The Hall–Kier alpha value is -3.72. The number of thiazole rings is 1. The van der Waals surface area contributed by atoms with Crippen LogP contribution in [0, 0.1) is 18.8 Å². The molecule has 256 valence electrons. The molecule has 4 rings (SSSR count). The number of nitrogens with zero attached hydrogens (tertiary/aromatic N) is 4. The number of rotatable bonds is 15. The lowest BCUT2D eigenvalue weighted by Crippen LogP contribution is -2.57. The summed E-state index contributed by atoms with van der Waals surface area (Å²) in [6.07, 6.45) is -1.09. The number of aromatic nitrogens is 1. The van der Waals surface area contributed by atoms with Crippen molar-refractivity contribution in [2.45, 2.75) is 70.7 Å². The fourth-order valence-electron chi connectivity index (χ4n) is 5.76. The third-order valence-corrected chi connectivity index (χ3v) is 10.7. The molecule has 1 aliphatic rings. The van der Waals surface area contributed by atoms with Gasteiger partial charge in [-0.15, -0.1) is 11.3 Å². The van der Waals surface area contributed by atoms with Crippen LogP contribution < -0.4 is 11.1 Å². The zero-order chi connectivity index (χ0) is 34.5. The number of sulfonamides is 1. The number of phenols is 1. The van der Waals surface area contributed by atoms with Crippen LogP contribution >= 0.6 is 11.3 Å².